The minimum Gasteiger partial charge on any atom is -0.401 e. The molecule has 0 aromatic heterocycles. The quantitative estimate of drug-likeness (QED) is 0.743. The highest BCUT2D eigenvalue weighted by Gasteiger charge is 2.59. The molecule has 6 heteroatoms. The molecule has 1 aliphatic carbocycles. The van der Waals surface area contributed by atoms with E-state index in [1.807, 2.05) is 52.0 Å². The summed E-state index contributed by atoms with van der Waals surface area (Å²) in [7, 11) is -0.564. The molecule has 104 valence electrons. The molecule has 1 heterocycles. The highest BCUT2D eigenvalue weighted by molar-refractivity contribution is 6.51. The number of allylic oxidation sites excluding steroid dienone is 2. The van der Waals surface area contributed by atoms with Gasteiger partial charge in [0, 0.05) is 0 Å². The van der Waals surface area contributed by atoms with Crippen molar-refractivity contribution in [3.63, 3.8) is 0 Å². The summed E-state index contributed by atoms with van der Waals surface area (Å²) in [5.41, 5.74) is 3.66. The Morgan fingerprint density at radius 3 is 2.21 bits per heavy atom. The molecular weight excluding hydrogens is 243 g/mol. The van der Waals surface area contributed by atoms with E-state index < -0.39 is 29.8 Å². The van der Waals surface area contributed by atoms with Crippen LogP contribution in [0.1, 0.15) is 34.1 Å². The average Bonchev–Trinajstić information content (AvgIpc) is 2.49. The lowest BCUT2D eigenvalue weighted by atomic mass is 9.61. The van der Waals surface area contributed by atoms with Gasteiger partial charge in [-0.2, -0.15) is 0 Å². The van der Waals surface area contributed by atoms with Crippen molar-refractivity contribution in [2.24, 2.45) is 5.73 Å². The van der Waals surface area contributed by atoms with Crippen LogP contribution in [0.3, 0.4) is 0 Å². The zero-order chi connectivity index (χ0) is 14.3. The highest BCUT2D eigenvalue weighted by Crippen LogP contribution is 2.41. The van der Waals surface area contributed by atoms with Gasteiger partial charge in [0.25, 0.3) is 0 Å². The van der Waals surface area contributed by atoms with E-state index >= 15 is 0 Å². The molecule has 2 rings (SSSR count). The Morgan fingerprint density at radius 2 is 1.79 bits per heavy atom. The van der Waals surface area contributed by atoms with E-state index in [2.05, 4.69) is 5.32 Å². The first-order valence-electron chi connectivity index (χ1n) is 6.46. The second-order valence-electron chi connectivity index (χ2n) is 6.11. The van der Waals surface area contributed by atoms with Crippen LogP contribution in [-0.2, 0) is 9.31 Å². The first-order valence-corrected chi connectivity index (χ1v) is 6.46. The molecule has 3 N–H and O–H groups in total. The molecule has 1 aliphatic heterocycles. The fraction of sp³-hybridized carbons (Fsp3) is 0.615. The monoisotopic (exact) mass is 264 g/mol. The summed E-state index contributed by atoms with van der Waals surface area (Å²) < 4.78 is 12.1. The summed E-state index contributed by atoms with van der Waals surface area (Å²) in [6.45, 7) is 7.92. The van der Waals surface area contributed by atoms with Crippen LogP contribution in [-0.4, -0.2) is 29.8 Å². The first kappa shape index (κ1) is 14.2. The SMILES string of the molecule is CC1(C)OB(C2(NC(N)=O)C=CC=CC2)OC1(C)C. The molecule has 2 aliphatic rings. The van der Waals surface area contributed by atoms with Crippen molar-refractivity contribution in [3.05, 3.63) is 24.3 Å². The fourth-order valence-corrected chi connectivity index (χ4v) is 2.25. The van der Waals surface area contributed by atoms with Gasteiger partial charge in [0.1, 0.15) is 0 Å². The number of carbonyl (C=O) groups is 1. The van der Waals surface area contributed by atoms with Gasteiger partial charge in [0.2, 0.25) is 0 Å². The van der Waals surface area contributed by atoms with Crippen molar-refractivity contribution in [1.82, 2.24) is 5.32 Å². The second kappa shape index (κ2) is 4.39. The summed E-state index contributed by atoms with van der Waals surface area (Å²) in [6.07, 6.45) is 8.21. The number of primary amides is 1. The largest absolute Gasteiger partial charge is 0.489 e. The van der Waals surface area contributed by atoms with E-state index in [0.29, 0.717) is 6.42 Å². The van der Waals surface area contributed by atoms with Gasteiger partial charge in [0.15, 0.2) is 0 Å². The normalized spacial score (nSPS) is 31.5. The van der Waals surface area contributed by atoms with Crippen molar-refractivity contribution >= 4 is 13.1 Å². The molecule has 0 saturated carbocycles. The Hall–Kier alpha value is -1.27. The van der Waals surface area contributed by atoms with Crippen molar-refractivity contribution in [1.29, 1.82) is 0 Å². The van der Waals surface area contributed by atoms with Crippen LogP contribution in [0, 0.1) is 0 Å². The maximum absolute atomic E-state index is 11.3. The van der Waals surface area contributed by atoms with Crippen LogP contribution in [0.2, 0.25) is 0 Å². The topological polar surface area (TPSA) is 73.6 Å². The Labute approximate surface area is 114 Å². The highest BCUT2D eigenvalue weighted by atomic mass is 16.7. The van der Waals surface area contributed by atoms with E-state index in [0.717, 1.165) is 0 Å². The third-order valence-corrected chi connectivity index (χ3v) is 4.13. The van der Waals surface area contributed by atoms with Crippen molar-refractivity contribution in [3.8, 4) is 0 Å². The van der Waals surface area contributed by atoms with Crippen LogP contribution >= 0.6 is 0 Å². The van der Waals surface area contributed by atoms with Crippen molar-refractivity contribution in [2.75, 3.05) is 0 Å². The number of hydrogen-bond acceptors (Lipinski definition) is 3. The summed E-state index contributed by atoms with van der Waals surface area (Å²) in [5.74, 6) is 0. The van der Waals surface area contributed by atoms with E-state index in [4.69, 9.17) is 15.0 Å². The number of hydrogen-bond donors (Lipinski definition) is 2. The van der Waals surface area contributed by atoms with Gasteiger partial charge in [-0.15, -0.1) is 0 Å². The van der Waals surface area contributed by atoms with Crippen molar-refractivity contribution in [2.45, 2.75) is 50.8 Å². The maximum atomic E-state index is 11.3. The smallest absolute Gasteiger partial charge is 0.401 e. The molecule has 19 heavy (non-hydrogen) atoms. The number of carbonyl (C=O) groups excluding carboxylic acids is 1. The van der Waals surface area contributed by atoms with Gasteiger partial charge < -0.3 is 20.4 Å². The van der Waals surface area contributed by atoms with Crippen LogP contribution in [0.4, 0.5) is 4.79 Å². The Kier molecular flexibility index (Phi) is 3.27. The molecule has 1 unspecified atom stereocenters. The molecule has 2 amide bonds. The maximum Gasteiger partial charge on any atom is 0.489 e. The summed E-state index contributed by atoms with van der Waals surface area (Å²) in [4.78, 5) is 11.3. The molecule has 1 atom stereocenters. The molecule has 1 saturated heterocycles. The number of amides is 2. The lowest BCUT2D eigenvalue weighted by Gasteiger charge is -2.33. The second-order valence-corrected chi connectivity index (χ2v) is 6.11. The zero-order valence-electron chi connectivity index (χ0n) is 11.9. The number of rotatable bonds is 2. The lowest BCUT2D eigenvalue weighted by molar-refractivity contribution is 0.00578. The van der Waals surface area contributed by atoms with Gasteiger partial charge in [0.05, 0.1) is 16.6 Å². The van der Waals surface area contributed by atoms with Crippen LogP contribution in [0.15, 0.2) is 24.3 Å². The van der Waals surface area contributed by atoms with E-state index in [9.17, 15) is 4.79 Å². The zero-order valence-corrected chi connectivity index (χ0v) is 11.9. The number of urea groups is 1. The minimum atomic E-state index is -0.744. The van der Waals surface area contributed by atoms with E-state index in [1.165, 1.54) is 0 Å². The molecule has 0 radical (unpaired) electrons. The standard InChI is InChI=1S/C13H21BN2O3/c1-11(2)12(3,4)19-14(18-11)13(16-10(15)17)8-6-5-7-9-13/h5-8H,9H2,1-4H3,(H3,15,16,17). The Bertz CT molecular complexity index is 429. The lowest BCUT2D eigenvalue weighted by Crippen LogP contribution is -2.60. The third kappa shape index (κ3) is 2.42. The third-order valence-electron chi connectivity index (χ3n) is 4.13. The summed E-state index contributed by atoms with van der Waals surface area (Å²) >= 11 is 0. The van der Waals surface area contributed by atoms with Gasteiger partial charge in [-0.05, 0) is 34.1 Å². The Morgan fingerprint density at radius 1 is 1.21 bits per heavy atom. The van der Waals surface area contributed by atoms with Gasteiger partial charge in [-0.25, -0.2) is 4.79 Å². The number of nitrogens with one attached hydrogen (secondary N) is 1. The minimum absolute atomic E-state index is 0.445. The first-order chi connectivity index (χ1) is 8.69. The predicted octanol–water partition coefficient (Wildman–Crippen LogP) is 1.54. The number of nitrogens with two attached hydrogens (primary N) is 1. The molecule has 0 bridgehead atoms. The molecule has 0 spiro atoms. The van der Waals surface area contributed by atoms with Crippen LogP contribution in [0.25, 0.3) is 0 Å². The van der Waals surface area contributed by atoms with E-state index in [1.54, 1.807) is 0 Å². The molecular formula is C13H21BN2O3. The average molecular weight is 264 g/mol. The molecule has 0 aromatic rings. The molecule has 1 fully saturated rings. The van der Waals surface area contributed by atoms with Crippen molar-refractivity contribution < 1.29 is 14.1 Å². The van der Waals surface area contributed by atoms with Gasteiger partial charge >= 0.3 is 13.1 Å². The molecule has 5 nitrogen and oxygen atoms in total. The van der Waals surface area contributed by atoms with E-state index in [-0.39, 0.29) is 0 Å². The van der Waals surface area contributed by atoms with Crippen LogP contribution < -0.4 is 11.1 Å². The molecule has 0 aromatic carbocycles. The van der Waals surface area contributed by atoms with Crippen LogP contribution in [0.5, 0.6) is 0 Å². The summed E-state index contributed by atoms with van der Waals surface area (Å²) in [5, 5.41) is 2.76. The Balaban J connectivity index is 2.29. The fourth-order valence-electron chi connectivity index (χ4n) is 2.25. The summed E-state index contributed by atoms with van der Waals surface area (Å²) in [6, 6.07) is -0.588. The predicted molar refractivity (Wildman–Crippen MR) is 74.4 cm³/mol. The van der Waals surface area contributed by atoms with Gasteiger partial charge in [-0.1, -0.05) is 24.3 Å². The van der Waals surface area contributed by atoms with Gasteiger partial charge in [-0.3, -0.25) is 0 Å².